The molecule has 1 rings (SSSR count). The molecule has 1 atom stereocenters. The Labute approximate surface area is 115 Å². The number of aryl methyl sites for hydroxylation is 1. The van der Waals surface area contributed by atoms with Crippen LogP contribution in [0.5, 0.6) is 5.75 Å². The van der Waals surface area contributed by atoms with Gasteiger partial charge in [-0.1, -0.05) is 37.9 Å². The normalized spacial score (nSPS) is 12.5. The molecular formula is C15H24ClNO. The van der Waals surface area contributed by atoms with Crippen LogP contribution < -0.4 is 10.5 Å². The van der Waals surface area contributed by atoms with Gasteiger partial charge in [0.15, 0.2) is 0 Å². The minimum atomic E-state index is 0.113. The molecule has 1 unspecified atom stereocenters. The van der Waals surface area contributed by atoms with Crippen molar-refractivity contribution in [3.63, 3.8) is 0 Å². The minimum Gasteiger partial charge on any atom is -0.492 e. The lowest BCUT2D eigenvalue weighted by Gasteiger charge is -2.16. The molecule has 2 N–H and O–H groups in total. The van der Waals surface area contributed by atoms with Gasteiger partial charge in [0.25, 0.3) is 0 Å². The second kappa shape index (κ2) is 7.65. The lowest BCUT2D eigenvalue weighted by Crippen LogP contribution is -2.18. The summed E-state index contributed by atoms with van der Waals surface area (Å²) in [6.45, 7) is 6.95. The zero-order valence-electron chi connectivity index (χ0n) is 11.6. The Morgan fingerprint density at radius 3 is 2.56 bits per heavy atom. The first kappa shape index (κ1) is 15.3. The van der Waals surface area contributed by atoms with Gasteiger partial charge in [0.2, 0.25) is 0 Å². The summed E-state index contributed by atoms with van der Waals surface area (Å²) in [5, 5.41) is 0.713. The molecule has 102 valence electrons. The fraction of sp³-hybridized carbons (Fsp3) is 0.600. The van der Waals surface area contributed by atoms with Gasteiger partial charge < -0.3 is 10.5 Å². The highest BCUT2D eigenvalue weighted by Gasteiger charge is 2.12. The second-order valence-electron chi connectivity index (χ2n) is 4.85. The van der Waals surface area contributed by atoms with Crippen molar-refractivity contribution in [3.8, 4) is 5.75 Å². The molecule has 0 aliphatic rings. The van der Waals surface area contributed by atoms with Gasteiger partial charge in [-0.15, -0.1) is 0 Å². The molecule has 0 heterocycles. The highest BCUT2D eigenvalue weighted by Crippen LogP contribution is 2.32. The third kappa shape index (κ3) is 4.51. The molecule has 0 bridgehead atoms. The fourth-order valence-corrected chi connectivity index (χ4v) is 2.33. The number of ether oxygens (including phenoxy) is 1. The van der Waals surface area contributed by atoms with Crippen LogP contribution in [0.15, 0.2) is 12.1 Å². The maximum atomic E-state index is 6.32. The van der Waals surface area contributed by atoms with Crippen molar-refractivity contribution in [2.24, 2.45) is 5.73 Å². The van der Waals surface area contributed by atoms with E-state index < -0.39 is 0 Å². The summed E-state index contributed by atoms with van der Waals surface area (Å²) in [4.78, 5) is 0. The smallest absolute Gasteiger partial charge is 0.141 e. The molecule has 0 aromatic heterocycles. The second-order valence-corrected chi connectivity index (χ2v) is 5.25. The molecule has 1 aromatic carbocycles. The average molecular weight is 270 g/mol. The molecule has 2 nitrogen and oxygen atoms in total. The first-order chi connectivity index (χ1) is 8.58. The van der Waals surface area contributed by atoms with Crippen LogP contribution in [-0.2, 0) is 12.8 Å². The van der Waals surface area contributed by atoms with Crippen LogP contribution in [-0.4, -0.2) is 12.6 Å². The number of hydrogen-bond donors (Lipinski definition) is 1. The SMILES string of the molecule is CCCOc1c(Cl)cc(CCC)cc1CC(C)N. The van der Waals surface area contributed by atoms with E-state index in [1.807, 2.05) is 13.0 Å². The predicted octanol–water partition coefficient (Wildman–Crippen LogP) is 3.97. The zero-order chi connectivity index (χ0) is 13.5. The van der Waals surface area contributed by atoms with Crippen LogP contribution in [0.25, 0.3) is 0 Å². The van der Waals surface area contributed by atoms with E-state index in [-0.39, 0.29) is 6.04 Å². The first-order valence-corrected chi connectivity index (χ1v) is 7.15. The standard InChI is InChI=1S/C15H24ClNO/c1-4-6-12-9-13(8-11(3)17)15(14(16)10-12)18-7-5-2/h9-11H,4-8,17H2,1-3H3. The quantitative estimate of drug-likeness (QED) is 0.813. The monoisotopic (exact) mass is 269 g/mol. The largest absolute Gasteiger partial charge is 0.492 e. The Bertz CT molecular complexity index is 377. The third-order valence-electron chi connectivity index (χ3n) is 2.71. The van der Waals surface area contributed by atoms with Crippen molar-refractivity contribution in [3.05, 3.63) is 28.3 Å². The predicted molar refractivity (Wildman–Crippen MR) is 78.6 cm³/mol. The van der Waals surface area contributed by atoms with E-state index in [1.54, 1.807) is 0 Å². The van der Waals surface area contributed by atoms with Gasteiger partial charge in [0.05, 0.1) is 11.6 Å². The Morgan fingerprint density at radius 2 is 2.00 bits per heavy atom. The lowest BCUT2D eigenvalue weighted by molar-refractivity contribution is 0.313. The molecule has 0 amide bonds. The van der Waals surface area contributed by atoms with E-state index in [0.717, 1.165) is 37.0 Å². The van der Waals surface area contributed by atoms with Gasteiger partial charge in [-0.25, -0.2) is 0 Å². The van der Waals surface area contributed by atoms with Crippen molar-refractivity contribution >= 4 is 11.6 Å². The molecule has 3 heteroatoms. The maximum absolute atomic E-state index is 6.32. The van der Waals surface area contributed by atoms with Crippen LogP contribution in [0.4, 0.5) is 0 Å². The van der Waals surface area contributed by atoms with Crippen LogP contribution in [0, 0.1) is 0 Å². The molecular weight excluding hydrogens is 246 g/mol. The number of nitrogens with two attached hydrogens (primary N) is 1. The van der Waals surface area contributed by atoms with Crippen LogP contribution in [0.1, 0.15) is 44.7 Å². The van der Waals surface area contributed by atoms with Gasteiger partial charge in [-0.05, 0) is 43.4 Å². The van der Waals surface area contributed by atoms with Crippen LogP contribution >= 0.6 is 11.6 Å². The van der Waals surface area contributed by atoms with E-state index in [4.69, 9.17) is 22.1 Å². The molecule has 18 heavy (non-hydrogen) atoms. The lowest BCUT2D eigenvalue weighted by atomic mass is 10.0. The zero-order valence-corrected chi connectivity index (χ0v) is 12.4. The summed E-state index contributed by atoms with van der Waals surface area (Å²) >= 11 is 6.32. The summed E-state index contributed by atoms with van der Waals surface area (Å²) < 4.78 is 5.76. The molecule has 0 saturated heterocycles. The Balaban J connectivity index is 3.04. The Morgan fingerprint density at radius 1 is 1.28 bits per heavy atom. The average Bonchev–Trinajstić information content (AvgIpc) is 2.27. The highest BCUT2D eigenvalue weighted by atomic mass is 35.5. The number of halogens is 1. The highest BCUT2D eigenvalue weighted by molar-refractivity contribution is 6.32. The van der Waals surface area contributed by atoms with E-state index in [2.05, 4.69) is 19.9 Å². The van der Waals surface area contributed by atoms with Gasteiger partial charge in [0.1, 0.15) is 5.75 Å². The number of hydrogen-bond acceptors (Lipinski definition) is 2. The van der Waals surface area contributed by atoms with E-state index in [1.165, 1.54) is 5.56 Å². The topological polar surface area (TPSA) is 35.2 Å². The van der Waals surface area contributed by atoms with E-state index >= 15 is 0 Å². The van der Waals surface area contributed by atoms with E-state index in [9.17, 15) is 0 Å². The molecule has 0 saturated carbocycles. The Kier molecular flexibility index (Phi) is 6.51. The van der Waals surface area contributed by atoms with Gasteiger partial charge >= 0.3 is 0 Å². The molecule has 0 radical (unpaired) electrons. The molecule has 0 spiro atoms. The summed E-state index contributed by atoms with van der Waals surface area (Å²) in [5.74, 6) is 0.815. The van der Waals surface area contributed by atoms with Crippen LogP contribution in [0.2, 0.25) is 5.02 Å². The number of benzene rings is 1. The first-order valence-electron chi connectivity index (χ1n) is 6.78. The summed E-state index contributed by atoms with van der Waals surface area (Å²) in [7, 11) is 0. The van der Waals surface area contributed by atoms with Gasteiger partial charge in [0, 0.05) is 6.04 Å². The Hall–Kier alpha value is -0.730. The van der Waals surface area contributed by atoms with Crippen molar-refractivity contribution in [2.45, 2.75) is 52.5 Å². The van der Waals surface area contributed by atoms with Gasteiger partial charge in [-0.2, -0.15) is 0 Å². The van der Waals surface area contributed by atoms with Crippen LogP contribution in [0.3, 0.4) is 0 Å². The fourth-order valence-electron chi connectivity index (χ4n) is 2.01. The van der Waals surface area contributed by atoms with Crippen molar-refractivity contribution in [1.29, 1.82) is 0 Å². The summed E-state index contributed by atoms with van der Waals surface area (Å²) in [5.41, 5.74) is 8.30. The maximum Gasteiger partial charge on any atom is 0.141 e. The molecule has 0 aliphatic heterocycles. The summed E-state index contributed by atoms with van der Waals surface area (Å²) in [6, 6.07) is 4.31. The van der Waals surface area contributed by atoms with Crippen molar-refractivity contribution < 1.29 is 4.74 Å². The van der Waals surface area contributed by atoms with Crippen molar-refractivity contribution in [2.75, 3.05) is 6.61 Å². The van der Waals surface area contributed by atoms with E-state index in [0.29, 0.717) is 11.6 Å². The summed E-state index contributed by atoms with van der Waals surface area (Å²) in [6.07, 6.45) is 3.93. The molecule has 1 aromatic rings. The number of rotatable bonds is 7. The molecule has 0 aliphatic carbocycles. The molecule has 0 fully saturated rings. The van der Waals surface area contributed by atoms with Gasteiger partial charge in [-0.3, -0.25) is 0 Å². The van der Waals surface area contributed by atoms with Crippen molar-refractivity contribution in [1.82, 2.24) is 0 Å². The third-order valence-corrected chi connectivity index (χ3v) is 2.99. The minimum absolute atomic E-state index is 0.113.